The van der Waals surface area contributed by atoms with Gasteiger partial charge in [0.1, 0.15) is 26.4 Å². The molecule has 248 valence electrons. The van der Waals surface area contributed by atoms with Gasteiger partial charge >= 0.3 is 23.9 Å². The van der Waals surface area contributed by atoms with Gasteiger partial charge in [-0.15, -0.1) is 0 Å². The second kappa shape index (κ2) is 15.0. The Bertz CT molecular complexity index is 1600. The smallest absolute Gasteiger partial charge is 0.338 e. The standard InChI is InChI=1S/C36H32O12/c1-41-33(37)25-13-21-17-45-29-9-5-6-10-30(29)47-19-23-15-27(35(39)43-3)28(36(40)44-4)16-24(23)20-48-32-12-8-7-11-31(32)46-18-22(21)14-26(25)34(38)42-2/h5-16H,17-20H2,1-4H3. The van der Waals surface area contributed by atoms with E-state index in [4.69, 9.17) is 37.9 Å². The molecule has 0 N–H and O–H groups in total. The number of esters is 4. The van der Waals surface area contributed by atoms with Crippen LogP contribution in [0.15, 0.2) is 72.8 Å². The summed E-state index contributed by atoms with van der Waals surface area (Å²) in [4.78, 5) is 50.8. The fourth-order valence-electron chi connectivity index (χ4n) is 5.03. The molecule has 0 saturated carbocycles. The first-order valence-electron chi connectivity index (χ1n) is 14.6. The molecule has 0 radical (unpaired) electrons. The van der Waals surface area contributed by atoms with Gasteiger partial charge in [0.15, 0.2) is 23.0 Å². The zero-order valence-electron chi connectivity index (χ0n) is 26.7. The predicted octanol–water partition coefficient (Wildman–Crippen LogP) is 5.46. The lowest BCUT2D eigenvalue weighted by molar-refractivity contribution is 0.0554. The third-order valence-corrected chi connectivity index (χ3v) is 7.53. The summed E-state index contributed by atoms with van der Waals surface area (Å²) in [6.45, 7) is -0.190. The van der Waals surface area contributed by atoms with Gasteiger partial charge < -0.3 is 37.9 Å². The SMILES string of the molecule is COC(=O)c1cc2c(cc1C(=O)OC)COc1ccccc1OCc1cc(C(=O)OC)c(C(=O)OC)cc1COc1ccccc1OC2. The van der Waals surface area contributed by atoms with E-state index in [1.807, 2.05) is 0 Å². The largest absolute Gasteiger partial charge is 0.485 e. The van der Waals surface area contributed by atoms with E-state index < -0.39 is 23.9 Å². The van der Waals surface area contributed by atoms with Crippen molar-refractivity contribution >= 4 is 23.9 Å². The molecule has 1 heterocycles. The molecule has 0 spiro atoms. The first-order chi connectivity index (χ1) is 23.3. The van der Waals surface area contributed by atoms with E-state index in [9.17, 15) is 19.2 Å². The van der Waals surface area contributed by atoms with Gasteiger partial charge in [0, 0.05) is 0 Å². The van der Waals surface area contributed by atoms with Gasteiger partial charge in [0.25, 0.3) is 0 Å². The third kappa shape index (κ3) is 7.17. The molecule has 1 aliphatic heterocycles. The van der Waals surface area contributed by atoms with Gasteiger partial charge in [-0.05, 0) is 70.8 Å². The Labute approximate surface area is 276 Å². The van der Waals surface area contributed by atoms with E-state index in [1.165, 1.54) is 52.7 Å². The number of hydrogen-bond acceptors (Lipinski definition) is 12. The molecule has 4 aromatic rings. The van der Waals surface area contributed by atoms with Crippen LogP contribution in [0.3, 0.4) is 0 Å². The number of fused-ring (bicyclic) bond motifs is 4. The highest BCUT2D eigenvalue weighted by Crippen LogP contribution is 2.33. The highest BCUT2D eigenvalue weighted by molar-refractivity contribution is 6.04. The van der Waals surface area contributed by atoms with Crippen LogP contribution in [0.1, 0.15) is 63.7 Å². The number of carbonyl (C=O) groups is 4. The van der Waals surface area contributed by atoms with Crippen LogP contribution in [-0.2, 0) is 45.4 Å². The molecule has 1 aliphatic rings. The molecule has 0 fully saturated rings. The Morgan fingerprint density at radius 1 is 0.417 bits per heavy atom. The molecule has 4 aromatic carbocycles. The van der Waals surface area contributed by atoms with Crippen LogP contribution < -0.4 is 18.9 Å². The topological polar surface area (TPSA) is 142 Å². The minimum Gasteiger partial charge on any atom is -0.485 e. The lowest BCUT2D eigenvalue weighted by Crippen LogP contribution is -2.16. The number of carbonyl (C=O) groups excluding carboxylic acids is 4. The van der Waals surface area contributed by atoms with Crippen LogP contribution in [0.25, 0.3) is 0 Å². The van der Waals surface area contributed by atoms with Crippen molar-refractivity contribution in [1.82, 2.24) is 0 Å². The van der Waals surface area contributed by atoms with E-state index >= 15 is 0 Å². The molecule has 48 heavy (non-hydrogen) atoms. The normalized spacial score (nSPS) is 12.4. The summed E-state index contributed by atoms with van der Waals surface area (Å²) in [5.41, 5.74) is 2.13. The van der Waals surface area contributed by atoms with Crippen LogP contribution in [-0.4, -0.2) is 52.3 Å². The summed E-state index contributed by atoms with van der Waals surface area (Å²) in [5.74, 6) is -1.43. The maximum Gasteiger partial charge on any atom is 0.338 e. The summed E-state index contributed by atoms with van der Waals surface area (Å²) in [6.07, 6.45) is 0. The molecule has 12 heteroatoms. The zero-order chi connectivity index (χ0) is 34.2. The third-order valence-electron chi connectivity index (χ3n) is 7.53. The van der Waals surface area contributed by atoms with E-state index in [2.05, 4.69) is 0 Å². The second-order valence-electron chi connectivity index (χ2n) is 10.3. The van der Waals surface area contributed by atoms with Crippen molar-refractivity contribution in [2.75, 3.05) is 28.4 Å². The fraction of sp³-hybridized carbons (Fsp3) is 0.222. The first kappa shape index (κ1) is 33.3. The van der Waals surface area contributed by atoms with Gasteiger partial charge in [-0.3, -0.25) is 0 Å². The quantitative estimate of drug-likeness (QED) is 0.203. The molecule has 0 amide bonds. The van der Waals surface area contributed by atoms with Crippen molar-refractivity contribution in [3.63, 3.8) is 0 Å². The van der Waals surface area contributed by atoms with Gasteiger partial charge in [0.2, 0.25) is 0 Å². The van der Waals surface area contributed by atoms with E-state index in [0.29, 0.717) is 45.3 Å². The lowest BCUT2D eigenvalue weighted by Gasteiger charge is -2.20. The van der Waals surface area contributed by atoms with Gasteiger partial charge in [0.05, 0.1) is 50.7 Å². The number of ether oxygens (including phenoxy) is 8. The molecule has 0 aliphatic carbocycles. The van der Waals surface area contributed by atoms with E-state index in [0.717, 1.165) is 0 Å². The van der Waals surface area contributed by atoms with Crippen LogP contribution in [0, 0.1) is 0 Å². The number of methoxy groups -OCH3 is 4. The molecule has 0 saturated heterocycles. The Balaban J connectivity index is 1.63. The second-order valence-corrected chi connectivity index (χ2v) is 10.3. The Morgan fingerprint density at radius 3 is 0.812 bits per heavy atom. The molecular formula is C36H32O12. The maximum absolute atomic E-state index is 12.7. The minimum absolute atomic E-state index is 0.00119. The monoisotopic (exact) mass is 656 g/mol. The Kier molecular flexibility index (Phi) is 10.4. The van der Waals surface area contributed by atoms with Crippen molar-refractivity contribution in [2.45, 2.75) is 26.4 Å². The van der Waals surface area contributed by atoms with Crippen molar-refractivity contribution in [3.05, 3.63) is 117 Å². The zero-order valence-corrected chi connectivity index (χ0v) is 26.7. The number of para-hydroxylation sites is 4. The highest BCUT2D eigenvalue weighted by Gasteiger charge is 2.25. The van der Waals surface area contributed by atoms with Crippen molar-refractivity contribution in [3.8, 4) is 23.0 Å². The maximum atomic E-state index is 12.7. The highest BCUT2D eigenvalue weighted by atomic mass is 16.5. The molecule has 0 unspecified atom stereocenters. The van der Waals surface area contributed by atoms with Crippen LogP contribution in [0.2, 0.25) is 0 Å². The first-order valence-corrected chi connectivity index (χ1v) is 14.6. The van der Waals surface area contributed by atoms with Crippen molar-refractivity contribution in [2.24, 2.45) is 0 Å². The van der Waals surface area contributed by atoms with E-state index in [1.54, 1.807) is 48.5 Å². The molecule has 12 nitrogen and oxygen atoms in total. The van der Waals surface area contributed by atoms with Crippen LogP contribution in [0.5, 0.6) is 23.0 Å². The van der Waals surface area contributed by atoms with Crippen molar-refractivity contribution in [1.29, 1.82) is 0 Å². The summed E-state index contributed by atoms with van der Waals surface area (Å²) in [5, 5.41) is 0. The fourth-order valence-corrected chi connectivity index (χ4v) is 5.03. The molecule has 5 rings (SSSR count). The average molecular weight is 657 g/mol. The van der Waals surface area contributed by atoms with Gasteiger partial charge in [-0.25, -0.2) is 19.2 Å². The molecular weight excluding hydrogens is 624 g/mol. The van der Waals surface area contributed by atoms with Gasteiger partial charge in [-0.1, -0.05) is 24.3 Å². The van der Waals surface area contributed by atoms with Crippen LogP contribution >= 0.6 is 0 Å². The predicted molar refractivity (Wildman–Crippen MR) is 168 cm³/mol. The Hall–Kier alpha value is -6.04. The van der Waals surface area contributed by atoms with E-state index in [-0.39, 0.29) is 48.7 Å². The molecule has 0 atom stereocenters. The summed E-state index contributed by atoms with van der Waals surface area (Å²) in [7, 11) is 4.86. The lowest BCUT2D eigenvalue weighted by atomic mass is 9.98. The summed E-state index contributed by atoms with van der Waals surface area (Å²) >= 11 is 0. The molecule has 0 bridgehead atoms. The number of hydrogen-bond donors (Lipinski definition) is 0. The number of rotatable bonds is 4. The Morgan fingerprint density at radius 2 is 0.625 bits per heavy atom. The average Bonchev–Trinajstić information content (AvgIpc) is 3.13. The van der Waals surface area contributed by atoms with Gasteiger partial charge in [-0.2, -0.15) is 0 Å². The number of benzene rings is 4. The summed E-state index contributed by atoms with van der Waals surface area (Å²) < 4.78 is 44.6. The molecule has 0 aromatic heterocycles. The summed E-state index contributed by atoms with van der Waals surface area (Å²) in [6, 6.07) is 19.9. The van der Waals surface area contributed by atoms with Crippen molar-refractivity contribution < 1.29 is 57.1 Å². The van der Waals surface area contributed by atoms with Crippen LogP contribution in [0.4, 0.5) is 0 Å². The minimum atomic E-state index is -0.728.